The molecular formula is C18H23N3O4. The van der Waals surface area contributed by atoms with E-state index in [1.807, 2.05) is 13.8 Å². The van der Waals surface area contributed by atoms with Crippen molar-refractivity contribution in [1.29, 1.82) is 0 Å². The van der Waals surface area contributed by atoms with Crippen molar-refractivity contribution in [2.24, 2.45) is 0 Å². The van der Waals surface area contributed by atoms with Crippen LogP contribution in [0.1, 0.15) is 42.7 Å². The van der Waals surface area contributed by atoms with Crippen molar-refractivity contribution in [2.75, 3.05) is 11.9 Å². The highest BCUT2D eigenvalue weighted by atomic mass is 16.5. The molecule has 0 unspecified atom stereocenters. The Morgan fingerprint density at radius 1 is 1.36 bits per heavy atom. The molecule has 7 nitrogen and oxygen atoms in total. The first kappa shape index (κ1) is 18.7. The van der Waals surface area contributed by atoms with Crippen LogP contribution in [-0.2, 0) is 9.53 Å². The number of aromatic nitrogens is 2. The maximum atomic E-state index is 12.0. The molecule has 0 aliphatic heterocycles. The summed E-state index contributed by atoms with van der Waals surface area (Å²) in [4.78, 5) is 23.1. The highest BCUT2D eigenvalue weighted by Crippen LogP contribution is 2.18. The summed E-state index contributed by atoms with van der Waals surface area (Å²) >= 11 is 0. The summed E-state index contributed by atoms with van der Waals surface area (Å²) in [6.07, 6.45) is 2.51. The van der Waals surface area contributed by atoms with Crippen LogP contribution in [0, 0.1) is 6.92 Å². The molecule has 2 aromatic rings. The van der Waals surface area contributed by atoms with E-state index in [2.05, 4.69) is 10.4 Å². The predicted octanol–water partition coefficient (Wildman–Crippen LogP) is 3.02. The number of nitrogens with zero attached hydrogens (tertiary/aromatic N) is 2. The van der Waals surface area contributed by atoms with Gasteiger partial charge in [-0.05, 0) is 45.4 Å². The third-order valence-corrected chi connectivity index (χ3v) is 3.61. The second kappa shape index (κ2) is 8.43. The number of carboxylic acid groups (broad SMARTS) is 1. The van der Waals surface area contributed by atoms with Gasteiger partial charge in [-0.3, -0.25) is 4.79 Å². The van der Waals surface area contributed by atoms with E-state index < -0.39 is 5.97 Å². The van der Waals surface area contributed by atoms with E-state index in [0.717, 1.165) is 0 Å². The number of carboxylic acids is 1. The molecule has 2 N–H and O–H groups in total. The van der Waals surface area contributed by atoms with E-state index in [1.54, 1.807) is 31.2 Å². The number of carbonyl (C=O) groups excluding carboxylic acids is 1. The molecular weight excluding hydrogens is 322 g/mol. The lowest BCUT2D eigenvalue weighted by atomic mass is 10.2. The van der Waals surface area contributed by atoms with Gasteiger partial charge in [0.1, 0.15) is 5.56 Å². The molecule has 0 aliphatic carbocycles. The van der Waals surface area contributed by atoms with E-state index in [4.69, 9.17) is 9.84 Å². The first-order valence-electron chi connectivity index (χ1n) is 8.18. The van der Waals surface area contributed by atoms with Crippen LogP contribution in [0.2, 0.25) is 0 Å². The van der Waals surface area contributed by atoms with Crippen LogP contribution >= 0.6 is 0 Å². The number of carbonyl (C=O) groups is 2. The maximum absolute atomic E-state index is 12.0. The van der Waals surface area contributed by atoms with E-state index in [0.29, 0.717) is 36.5 Å². The van der Waals surface area contributed by atoms with Gasteiger partial charge >= 0.3 is 5.97 Å². The minimum Gasteiger partial charge on any atom is -0.478 e. The molecule has 1 heterocycles. The first-order chi connectivity index (χ1) is 11.9. The van der Waals surface area contributed by atoms with Crippen LogP contribution < -0.4 is 5.32 Å². The molecule has 0 saturated carbocycles. The summed E-state index contributed by atoms with van der Waals surface area (Å²) in [6, 6.07) is 7.13. The highest BCUT2D eigenvalue weighted by Gasteiger charge is 2.14. The van der Waals surface area contributed by atoms with Gasteiger partial charge < -0.3 is 15.2 Å². The van der Waals surface area contributed by atoms with Gasteiger partial charge in [0, 0.05) is 18.7 Å². The van der Waals surface area contributed by atoms with Crippen molar-refractivity contribution in [1.82, 2.24) is 9.78 Å². The first-order valence-corrected chi connectivity index (χ1v) is 8.18. The van der Waals surface area contributed by atoms with Gasteiger partial charge in [-0.15, -0.1) is 0 Å². The van der Waals surface area contributed by atoms with Gasteiger partial charge in [-0.2, -0.15) is 5.10 Å². The third kappa shape index (κ3) is 5.15. The van der Waals surface area contributed by atoms with Crippen LogP contribution in [0.4, 0.5) is 5.69 Å². The van der Waals surface area contributed by atoms with Gasteiger partial charge in [0.25, 0.3) is 0 Å². The van der Waals surface area contributed by atoms with E-state index in [9.17, 15) is 9.59 Å². The number of nitrogens with one attached hydrogen (secondary N) is 1. The minimum absolute atomic E-state index is 0.0899. The molecule has 25 heavy (non-hydrogen) atoms. The Morgan fingerprint density at radius 2 is 2.12 bits per heavy atom. The smallest absolute Gasteiger partial charge is 0.339 e. The second-order valence-corrected chi connectivity index (χ2v) is 5.98. The summed E-state index contributed by atoms with van der Waals surface area (Å²) in [7, 11) is 0. The largest absolute Gasteiger partial charge is 0.478 e. The Kier molecular flexibility index (Phi) is 6.30. The number of hydrogen-bond donors (Lipinski definition) is 2. The van der Waals surface area contributed by atoms with Crippen LogP contribution in [0.15, 0.2) is 30.5 Å². The molecule has 0 atom stereocenters. The summed E-state index contributed by atoms with van der Waals surface area (Å²) in [6.45, 7) is 6.16. The molecule has 7 heteroatoms. The Hall–Kier alpha value is -2.67. The molecule has 1 aromatic carbocycles. The SMILES string of the molecule is Cc1c(C(=O)O)cnn1-c1cccc(NC(=O)CCCOC(C)C)c1. The Labute approximate surface area is 146 Å². The topological polar surface area (TPSA) is 93.5 Å². The van der Waals surface area contributed by atoms with Crippen molar-refractivity contribution in [3.63, 3.8) is 0 Å². The average molecular weight is 345 g/mol. The fourth-order valence-corrected chi connectivity index (χ4v) is 2.37. The molecule has 0 radical (unpaired) electrons. The number of rotatable bonds is 8. The minimum atomic E-state index is -1.02. The number of anilines is 1. The summed E-state index contributed by atoms with van der Waals surface area (Å²) in [5.41, 5.74) is 2.01. The zero-order valence-corrected chi connectivity index (χ0v) is 14.7. The standard InChI is InChI=1S/C18H23N3O4/c1-12(2)25-9-5-8-17(22)20-14-6-4-7-15(10-14)21-13(3)16(11-19-21)18(23)24/h4,6-7,10-12H,5,8-9H2,1-3H3,(H,20,22)(H,23,24). The third-order valence-electron chi connectivity index (χ3n) is 3.61. The average Bonchev–Trinajstić information content (AvgIpc) is 2.93. The van der Waals surface area contributed by atoms with Gasteiger partial charge in [0.05, 0.1) is 23.7 Å². The molecule has 134 valence electrons. The van der Waals surface area contributed by atoms with Crippen molar-refractivity contribution >= 4 is 17.6 Å². The summed E-state index contributed by atoms with van der Waals surface area (Å²) < 4.78 is 6.95. The molecule has 0 aliphatic rings. The van der Waals surface area contributed by atoms with Crippen LogP contribution in [0.3, 0.4) is 0 Å². The van der Waals surface area contributed by atoms with E-state index in [1.165, 1.54) is 10.9 Å². The molecule has 0 spiro atoms. The quantitative estimate of drug-likeness (QED) is 0.717. The summed E-state index contributed by atoms with van der Waals surface area (Å²) in [5.74, 6) is -1.11. The van der Waals surface area contributed by atoms with Crippen LogP contribution in [0.25, 0.3) is 5.69 Å². The Morgan fingerprint density at radius 3 is 2.76 bits per heavy atom. The van der Waals surface area contributed by atoms with E-state index in [-0.39, 0.29) is 17.6 Å². The van der Waals surface area contributed by atoms with Crippen molar-refractivity contribution in [3.8, 4) is 5.69 Å². The Balaban J connectivity index is 2.02. The lowest BCUT2D eigenvalue weighted by molar-refractivity contribution is -0.116. The second-order valence-electron chi connectivity index (χ2n) is 5.98. The number of amides is 1. The maximum Gasteiger partial charge on any atom is 0.339 e. The zero-order chi connectivity index (χ0) is 18.4. The summed E-state index contributed by atoms with van der Waals surface area (Å²) in [5, 5.41) is 16.1. The molecule has 0 bridgehead atoms. The van der Waals surface area contributed by atoms with Crippen molar-refractivity contribution < 1.29 is 19.4 Å². The van der Waals surface area contributed by atoms with E-state index >= 15 is 0 Å². The van der Waals surface area contributed by atoms with Gasteiger partial charge in [0.15, 0.2) is 0 Å². The molecule has 0 fully saturated rings. The van der Waals surface area contributed by atoms with Gasteiger partial charge in [-0.1, -0.05) is 6.07 Å². The van der Waals surface area contributed by atoms with Gasteiger partial charge in [-0.25, -0.2) is 9.48 Å². The Bertz CT molecular complexity index is 753. The number of hydrogen-bond acceptors (Lipinski definition) is 4. The number of ether oxygens (including phenoxy) is 1. The lowest BCUT2D eigenvalue weighted by Crippen LogP contribution is -2.13. The number of aromatic carboxylic acids is 1. The fourth-order valence-electron chi connectivity index (χ4n) is 2.37. The monoisotopic (exact) mass is 345 g/mol. The predicted molar refractivity (Wildman–Crippen MR) is 94.2 cm³/mol. The van der Waals surface area contributed by atoms with Crippen molar-refractivity contribution in [3.05, 3.63) is 41.7 Å². The molecule has 0 saturated heterocycles. The zero-order valence-electron chi connectivity index (χ0n) is 14.7. The molecule has 2 rings (SSSR count). The van der Waals surface area contributed by atoms with Crippen LogP contribution in [0.5, 0.6) is 0 Å². The van der Waals surface area contributed by atoms with Crippen LogP contribution in [-0.4, -0.2) is 39.5 Å². The number of benzene rings is 1. The normalized spacial score (nSPS) is 10.9. The molecule has 1 amide bonds. The fraction of sp³-hybridized carbons (Fsp3) is 0.389. The van der Waals surface area contributed by atoms with Gasteiger partial charge in [0.2, 0.25) is 5.91 Å². The van der Waals surface area contributed by atoms with Crippen molar-refractivity contribution in [2.45, 2.75) is 39.7 Å². The molecule has 1 aromatic heterocycles. The lowest BCUT2D eigenvalue weighted by Gasteiger charge is -2.10. The highest BCUT2D eigenvalue weighted by molar-refractivity contribution is 5.91.